The summed E-state index contributed by atoms with van der Waals surface area (Å²) in [5, 5.41) is 4.75. The van der Waals surface area contributed by atoms with E-state index in [4.69, 9.17) is 11.6 Å². The third kappa shape index (κ3) is 3.60. The van der Waals surface area contributed by atoms with Crippen molar-refractivity contribution in [1.82, 2.24) is 19.2 Å². The Morgan fingerprint density at radius 2 is 2.00 bits per heavy atom. The van der Waals surface area contributed by atoms with Crippen molar-refractivity contribution < 1.29 is 9.18 Å². The molecule has 0 radical (unpaired) electrons. The molecule has 0 saturated carbocycles. The van der Waals surface area contributed by atoms with Crippen LogP contribution < -0.4 is 5.69 Å². The van der Waals surface area contributed by atoms with E-state index in [-0.39, 0.29) is 29.1 Å². The second-order valence-electron chi connectivity index (χ2n) is 7.89. The minimum absolute atomic E-state index is 0.0739. The fourth-order valence-electron chi connectivity index (χ4n) is 4.11. The summed E-state index contributed by atoms with van der Waals surface area (Å²) in [6.45, 7) is 4.47. The van der Waals surface area contributed by atoms with Crippen molar-refractivity contribution in [2.24, 2.45) is 5.92 Å². The number of carbonyl (C=O) groups excluding carboxylic acids is 1. The van der Waals surface area contributed by atoms with Crippen LogP contribution >= 0.6 is 11.6 Å². The van der Waals surface area contributed by atoms with Crippen LogP contribution in [0.25, 0.3) is 0 Å². The molecule has 1 aromatic heterocycles. The van der Waals surface area contributed by atoms with Gasteiger partial charge in [0.1, 0.15) is 11.6 Å². The zero-order valence-corrected chi connectivity index (χ0v) is 16.7. The highest BCUT2D eigenvalue weighted by atomic mass is 35.5. The summed E-state index contributed by atoms with van der Waals surface area (Å²) in [6, 6.07) is 4.09. The number of carbonyl (C=O) groups is 1. The standard InChI is InChI=1S/C20H24ClFN4O2/c1-13-6-9-24(10-7-13)19(27)16-3-2-8-25-18(16)23-26(20(25)28)12-14-4-5-15(22)11-17(14)21/h4-5,11,13,16H,2-3,6-10,12H2,1H3. The molecule has 2 aliphatic heterocycles. The average molecular weight is 407 g/mol. The van der Waals surface area contributed by atoms with E-state index in [0.717, 1.165) is 32.4 Å². The molecule has 1 atom stereocenters. The van der Waals surface area contributed by atoms with E-state index in [1.165, 1.54) is 16.8 Å². The first kappa shape index (κ1) is 19.2. The molecule has 0 spiro atoms. The second kappa shape index (κ2) is 7.70. The summed E-state index contributed by atoms with van der Waals surface area (Å²) in [5.41, 5.74) is 0.369. The summed E-state index contributed by atoms with van der Waals surface area (Å²) in [6.07, 6.45) is 3.51. The molecule has 4 rings (SSSR count). The highest BCUT2D eigenvalue weighted by Gasteiger charge is 2.35. The molecule has 2 aromatic rings. The molecule has 0 aliphatic carbocycles. The van der Waals surface area contributed by atoms with Crippen LogP contribution in [0.3, 0.4) is 0 Å². The molecule has 8 heteroatoms. The Bertz CT molecular complexity index is 946. The fourth-order valence-corrected chi connectivity index (χ4v) is 4.33. The number of amides is 1. The van der Waals surface area contributed by atoms with Crippen molar-refractivity contribution in [3.8, 4) is 0 Å². The van der Waals surface area contributed by atoms with Crippen LogP contribution in [-0.2, 0) is 17.9 Å². The van der Waals surface area contributed by atoms with Gasteiger partial charge in [-0.2, -0.15) is 5.10 Å². The molecule has 1 amide bonds. The summed E-state index contributed by atoms with van der Waals surface area (Å²) in [7, 11) is 0. The van der Waals surface area contributed by atoms with Gasteiger partial charge in [0, 0.05) is 24.7 Å². The molecular weight excluding hydrogens is 383 g/mol. The Labute approximate surface area is 167 Å². The normalized spacial score (nSPS) is 20.2. The SMILES string of the molecule is CC1CCN(C(=O)C2CCCn3c2nn(Cc2ccc(F)cc2Cl)c3=O)CC1. The number of piperidine rings is 1. The summed E-state index contributed by atoms with van der Waals surface area (Å²) >= 11 is 6.10. The monoisotopic (exact) mass is 406 g/mol. The molecule has 6 nitrogen and oxygen atoms in total. The van der Waals surface area contributed by atoms with Crippen LogP contribution in [0.15, 0.2) is 23.0 Å². The quantitative estimate of drug-likeness (QED) is 0.787. The Balaban J connectivity index is 1.60. The topological polar surface area (TPSA) is 60.1 Å². The van der Waals surface area contributed by atoms with Crippen molar-refractivity contribution in [3.05, 3.63) is 50.9 Å². The van der Waals surface area contributed by atoms with E-state index in [0.29, 0.717) is 30.3 Å². The van der Waals surface area contributed by atoms with E-state index in [1.807, 2.05) is 4.90 Å². The summed E-state index contributed by atoms with van der Waals surface area (Å²) in [4.78, 5) is 27.8. The lowest BCUT2D eigenvalue weighted by Crippen LogP contribution is -2.42. The maximum absolute atomic E-state index is 13.3. The van der Waals surface area contributed by atoms with Gasteiger partial charge in [-0.25, -0.2) is 13.9 Å². The summed E-state index contributed by atoms with van der Waals surface area (Å²) < 4.78 is 16.2. The van der Waals surface area contributed by atoms with Crippen LogP contribution in [0.4, 0.5) is 4.39 Å². The highest BCUT2D eigenvalue weighted by Crippen LogP contribution is 2.29. The Kier molecular flexibility index (Phi) is 5.27. The number of nitrogens with zero attached hydrogens (tertiary/aromatic N) is 4. The molecule has 2 aliphatic rings. The Morgan fingerprint density at radius 3 is 2.71 bits per heavy atom. The fraction of sp³-hybridized carbons (Fsp3) is 0.550. The van der Waals surface area contributed by atoms with Gasteiger partial charge < -0.3 is 4.90 Å². The highest BCUT2D eigenvalue weighted by molar-refractivity contribution is 6.31. The minimum atomic E-state index is -0.424. The van der Waals surface area contributed by atoms with E-state index in [1.54, 1.807) is 10.6 Å². The van der Waals surface area contributed by atoms with Crippen LogP contribution in [0.2, 0.25) is 5.02 Å². The molecule has 150 valence electrons. The largest absolute Gasteiger partial charge is 0.346 e. The number of benzene rings is 1. The van der Waals surface area contributed by atoms with Gasteiger partial charge in [-0.15, -0.1) is 0 Å². The first-order valence-electron chi connectivity index (χ1n) is 9.84. The van der Waals surface area contributed by atoms with E-state index in [9.17, 15) is 14.0 Å². The van der Waals surface area contributed by atoms with Gasteiger partial charge in [-0.1, -0.05) is 24.6 Å². The van der Waals surface area contributed by atoms with Crippen molar-refractivity contribution in [2.45, 2.75) is 51.6 Å². The van der Waals surface area contributed by atoms with Gasteiger partial charge in [0.05, 0.1) is 12.5 Å². The van der Waals surface area contributed by atoms with Gasteiger partial charge in [-0.3, -0.25) is 9.36 Å². The zero-order chi connectivity index (χ0) is 19.8. The summed E-state index contributed by atoms with van der Waals surface area (Å²) in [5.74, 6) is 0.461. The first-order chi connectivity index (χ1) is 13.4. The van der Waals surface area contributed by atoms with Crippen LogP contribution in [0, 0.1) is 11.7 Å². The van der Waals surface area contributed by atoms with Crippen molar-refractivity contribution in [3.63, 3.8) is 0 Å². The van der Waals surface area contributed by atoms with E-state index >= 15 is 0 Å². The van der Waals surface area contributed by atoms with Crippen molar-refractivity contribution in [1.29, 1.82) is 0 Å². The molecular formula is C20H24ClFN4O2. The maximum Gasteiger partial charge on any atom is 0.346 e. The number of rotatable bonds is 3. The third-order valence-electron chi connectivity index (χ3n) is 5.87. The Morgan fingerprint density at radius 1 is 1.25 bits per heavy atom. The molecule has 0 N–H and O–H groups in total. The molecule has 1 unspecified atom stereocenters. The van der Waals surface area contributed by atoms with Gasteiger partial charge >= 0.3 is 5.69 Å². The smallest absolute Gasteiger partial charge is 0.342 e. The number of hydrogen-bond acceptors (Lipinski definition) is 3. The van der Waals surface area contributed by atoms with Crippen LogP contribution in [0.1, 0.15) is 49.9 Å². The third-order valence-corrected chi connectivity index (χ3v) is 6.22. The lowest BCUT2D eigenvalue weighted by atomic mass is 9.94. The molecule has 1 fully saturated rings. The molecule has 0 bridgehead atoms. The second-order valence-corrected chi connectivity index (χ2v) is 8.30. The number of halogens is 2. The van der Waals surface area contributed by atoms with E-state index < -0.39 is 5.82 Å². The van der Waals surface area contributed by atoms with Gasteiger partial charge in [-0.05, 0) is 49.3 Å². The minimum Gasteiger partial charge on any atom is -0.342 e. The number of likely N-dealkylation sites (tertiary alicyclic amines) is 1. The number of hydrogen-bond donors (Lipinski definition) is 0. The van der Waals surface area contributed by atoms with E-state index in [2.05, 4.69) is 12.0 Å². The number of fused-ring (bicyclic) bond motifs is 1. The van der Waals surface area contributed by atoms with Crippen LogP contribution in [0.5, 0.6) is 0 Å². The first-order valence-corrected chi connectivity index (χ1v) is 10.2. The van der Waals surface area contributed by atoms with Gasteiger partial charge in [0.15, 0.2) is 0 Å². The molecule has 3 heterocycles. The van der Waals surface area contributed by atoms with Gasteiger partial charge in [0.25, 0.3) is 0 Å². The van der Waals surface area contributed by atoms with Crippen molar-refractivity contribution in [2.75, 3.05) is 13.1 Å². The predicted molar refractivity (Wildman–Crippen MR) is 104 cm³/mol. The molecule has 28 heavy (non-hydrogen) atoms. The lowest BCUT2D eigenvalue weighted by Gasteiger charge is -2.33. The maximum atomic E-state index is 13.3. The van der Waals surface area contributed by atoms with Crippen molar-refractivity contribution >= 4 is 17.5 Å². The lowest BCUT2D eigenvalue weighted by molar-refractivity contribution is -0.134. The van der Waals surface area contributed by atoms with Crippen LogP contribution in [-0.4, -0.2) is 38.2 Å². The Hall–Kier alpha value is -2.15. The molecule has 1 aromatic carbocycles. The average Bonchev–Trinajstić information content (AvgIpc) is 3.00. The predicted octanol–water partition coefficient (Wildman–Crippen LogP) is 3.02. The molecule has 1 saturated heterocycles. The number of aromatic nitrogens is 3. The van der Waals surface area contributed by atoms with Gasteiger partial charge in [0.2, 0.25) is 5.91 Å². The zero-order valence-electron chi connectivity index (χ0n) is 15.9.